The molecule has 1 aliphatic carbocycles. The van der Waals surface area contributed by atoms with Gasteiger partial charge in [0.1, 0.15) is 5.67 Å². The van der Waals surface area contributed by atoms with Crippen LogP contribution in [0.4, 0.5) is 4.39 Å². The molecule has 4 heteroatoms. The highest BCUT2D eigenvalue weighted by atomic mass is 19.1. The quantitative estimate of drug-likeness (QED) is 0.840. The lowest BCUT2D eigenvalue weighted by atomic mass is 9.85. The summed E-state index contributed by atoms with van der Waals surface area (Å²) in [4.78, 5) is 13.9. The van der Waals surface area contributed by atoms with Gasteiger partial charge in [0.25, 0.3) is 0 Å². The van der Waals surface area contributed by atoms with Crippen molar-refractivity contribution < 1.29 is 9.18 Å². The van der Waals surface area contributed by atoms with Crippen molar-refractivity contribution in [3.63, 3.8) is 0 Å². The SMILES string of the molecule is CN(CC1(F)CCCCC1)C1CCCCNC1=O. The lowest BCUT2D eigenvalue weighted by Gasteiger charge is -2.36. The van der Waals surface area contributed by atoms with Gasteiger partial charge < -0.3 is 5.32 Å². The molecule has 0 aromatic rings. The first kappa shape index (κ1) is 13.8. The van der Waals surface area contributed by atoms with Gasteiger partial charge in [-0.25, -0.2) is 4.39 Å². The fourth-order valence-corrected chi connectivity index (χ4v) is 3.24. The van der Waals surface area contributed by atoms with Crippen molar-refractivity contribution in [2.75, 3.05) is 20.1 Å². The van der Waals surface area contributed by atoms with E-state index in [0.717, 1.165) is 45.1 Å². The van der Waals surface area contributed by atoms with Gasteiger partial charge in [-0.15, -0.1) is 0 Å². The predicted molar refractivity (Wildman–Crippen MR) is 70.2 cm³/mol. The second-order valence-corrected chi connectivity index (χ2v) is 5.93. The van der Waals surface area contributed by atoms with Gasteiger partial charge in [-0.3, -0.25) is 9.69 Å². The number of rotatable bonds is 3. The highest BCUT2D eigenvalue weighted by Crippen LogP contribution is 2.33. The van der Waals surface area contributed by atoms with Crippen molar-refractivity contribution in [2.45, 2.75) is 63.1 Å². The van der Waals surface area contributed by atoms with Crippen LogP contribution in [0.5, 0.6) is 0 Å². The summed E-state index contributed by atoms with van der Waals surface area (Å²) < 4.78 is 14.6. The van der Waals surface area contributed by atoms with E-state index < -0.39 is 5.67 Å². The molecule has 0 radical (unpaired) electrons. The monoisotopic (exact) mass is 256 g/mol. The summed E-state index contributed by atoms with van der Waals surface area (Å²) in [5.74, 6) is 0.0782. The number of nitrogens with one attached hydrogen (secondary N) is 1. The lowest BCUT2D eigenvalue weighted by molar-refractivity contribution is -0.126. The molecule has 1 heterocycles. The van der Waals surface area contributed by atoms with E-state index in [4.69, 9.17) is 0 Å². The molecule has 0 bridgehead atoms. The molecular formula is C14H25FN2O. The van der Waals surface area contributed by atoms with Crippen LogP contribution in [0, 0.1) is 0 Å². The van der Waals surface area contributed by atoms with Gasteiger partial charge >= 0.3 is 0 Å². The first-order valence-corrected chi connectivity index (χ1v) is 7.28. The third-order valence-electron chi connectivity index (χ3n) is 4.32. The second-order valence-electron chi connectivity index (χ2n) is 5.93. The maximum Gasteiger partial charge on any atom is 0.237 e. The van der Waals surface area contributed by atoms with Crippen molar-refractivity contribution in [3.8, 4) is 0 Å². The van der Waals surface area contributed by atoms with Gasteiger partial charge in [0.05, 0.1) is 6.04 Å². The van der Waals surface area contributed by atoms with Crippen LogP contribution in [0.15, 0.2) is 0 Å². The third-order valence-corrected chi connectivity index (χ3v) is 4.32. The largest absolute Gasteiger partial charge is 0.355 e. The molecule has 1 amide bonds. The number of hydrogen-bond acceptors (Lipinski definition) is 2. The van der Waals surface area contributed by atoms with E-state index in [-0.39, 0.29) is 11.9 Å². The number of carbonyl (C=O) groups excluding carboxylic acids is 1. The topological polar surface area (TPSA) is 32.3 Å². The van der Waals surface area contributed by atoms with Gasteiger partial charge in [-0.05, 0) is 39.2 Å². The standard InChI is InChI=1S/C14H25FN2O/c1-17(11-14(15)8-4-2-5-9-14)12-7-3-6-10-16-13(12)18/h12H,2-11H2,1H3,(H,16,18). The zero-order valence-electron chi connectivity index (χ0n) is 11.4. The van der Waals surface area contributed by atoms with Crippen molar-refractivity contribution in [2.24, 2.45) is 0 Å². The Hall–Kier alpha value is -0.640. The van der Waals surface area contributed by atoms with E-state index in [1.807, 2.05) is 11.9 Å². The van der Waals surface area contributed by atoms with Crippen molar-refractivity contribution in [1.82, 2.24) is 10.2 Å². The second kappa shape index (κ2) is 6.00. The fraction of sp³-hybridized carbons (Fsp3) is 0.929. The number of likely N-dealkylation sites (N-methyl/N-ethyl adjacent to an activating group) is 1. The summed E-state index contributed by atoms with van der Waals surface area (Å²) in [7, 11) is 1.89. The molecule has 2 aliphatic rings. The Bertz CT molecular complexity index is 290. The molecule has 0 spiro atoms. The van der Waals surface area contributed by atoms with Crippen molar-refractivity contribution >= 4 is 5.91 Å². The number of halogens is 1. The van der Waals surface area contributed by atoms with Crippen LogP contribution in [-0.4, -0.2) is 42.7 Å². The van der Waals surface area contributed by atoms with E-state index in [1.165, 1.54) is 0 Å². The molecule has 2 fully saturated rings. The van der Waals surface area contributed by atoms with E-state index in [0.29, 0.717) is 19.4 Å². The van der Waals surface area contributed by atoms with Crippen LogP contribution in [0.2, 0.25) is 0 Å². The van der Waals surface area contributed by atoms with Crippen LogP contribution >= 0.6 is 0 Å². The zero-order chi connectivity index (χ0) is 13.0. The molecule has 0 aromatic heterocycles. The highest BCUT2D eigenvalue weighted by molar-refractivity contribution is 5.81. The lowest BCUT2D eigenvalue weighted by Crippen LogP contribution is -2.49. The van der Waals surface area contributed by atoms with Gasteiger partial charge in [-0.2, -0.15) is 0 Å². The average Bonchev–Trinajstić information content (AvgIpc) is 2.54. The van der Waals surface area contributed by atoms with E-state index in [2.05, 4.69) is 5.32 Å². The average molecular weight is 256 g/mol. The molecule has 18 heavy (non-hydrogen) atoms. The summed E-state index contributed by atoms with van der Waals surface area (Å²) >= 11 is 0. The van der Waals surface area contributed by atoms with Gasteiger partial charge in [-0.1, -0.05) is 19.3 Å². The van der Waals surface area contributed by atoms with Crippen molar-refractivity contribution in [1.29, 1.82) is 0 Å². The molecule has 104 valence electrons. The van der Waals surface area contributed by atoms with Gasteiger partial charge in [0.15, 0.2) is 0 Å². The number of alkyl halides is 1. The summed E-state index contributed by atoms with van der Waals surface area (Å²) in [5.41, 5.74) is -1.07. The summed E-state index contributed by atoms with van der Waals surface area (Å²) in [6, 6.07) is -0.137. The summed E-state index contributed by atoms with van der Waals surface area (Å²) in [5, 5.41) is 2.92. The molecule has 3 nitrogen and oxygen atoms in total. The summed E-state index contributed by atoms with van der Waals surface area (Å²) in [6.45, 7) is 1.18. The molecule has 0 aromatic carbocycles. The van der Waals surface area contributed by atoms with Crippen LogP contribution in [0.3, 0.4) is 0 Å². The molecule has 1 saturated heterocycles. The predicted octanol–water partition coefficient (Wildman–Crippen LogP) is 2.26. The Morgan fingerprint density at radius 1 is 1.28 bits per heavy atom. The molecule has 1 saturated carbocycles. The minimum atomic E-state index is -1.07. The molecule has 1 aliphatic heterocycles. The van der Waals surface area contributed by atoms with Gasteiger partial charge in [0.2, 0.25) is 5.91 Å². The number of nitrogens with zero attached hydrogens (tertiary/aromatic N) is 1. The third kappa shape index (κ3) is 3.44. The van der Waals surface area contributed by atoms with Crippen LogP contribution in [0.25, 0.3) is 0 Å². The Kier molecular flexibility index (Phi) is 4.60. The smallest absolute Gasteiger partial charge is 0.237 e. The minimum absolute atomic E-state index is 0.0782. The normalized spacial score (nSPS) is 28.8. The number of carbonyl (C=O) groups is 1. The number of hydrogen-bond donors (Lipinski definition) is 1. The first-order chi connectivity index (χ1) is 8.61. The molecular weight excluding hydrogens is 231 g/mol. The maximum atomic E-state index is 14.6. The van der Waals surface area contributed by atoms with Crippen LogP contribution in [-0.2, 0) is 4.79 Å². The van der Waals surface area contributed by atoms with E-state index >= 15 is 0 Å². The highest BCUT2D eigenvalue weighted by Gasteiger charge is 2.36. The molecule has 1 N–H and O–H groups in total. The molecule has 1 unspecified atom stereocenters. The van der Waals surface area contributed by atoms with Crippen molar-refractivity contribution in [3.05, 3.63) is 0 Å². The van der Waals surface area contributed by atoms with Crippen LogP contribution in [0.1, 0.15) is 51.4 Å². The Morgan fingerprint density at radius 2 is 2.00 bits per heavy atom. The maximum absolute atomic E-state index is 14.6. The minimum Gasteiger partial charge on any atom is -0.355 e. The number of amides is 1. The van der Waals surface area contributed by atoms with Crippen LogP contribution < -0.4 is 5.32 Å². The van der Waals surface area contributed by atoms with E-state index in [1.54, 1.807) is 0 Å². The Labute approximate surface area is 109 Å². The molecule has 1 atom stereocenters. The van der Waals surface area contributed by atoms with Gasteiger partial charge in [0, 0.05) is 13.1 Å². The Balaban J connectivity index is 1.92. The van der Waals surface area contributed by atoms with E-state index in [9.17, 15) is 9.18 Å². The fourth-order valence-electron chi connectivity index (χ4n) is 3.24. The molecule has 2 rings (SSSR count). The summed E-state index contributed by atoms with van der Waals surface area (Å²) in [6.07, 6.45) is 7.39. The Morgan fingerprint density at radius 3 is 2.72 bits per heavy atom. The zero-order valence-corrected chi connectivity index (χ0v) is 11.4. The first-order valence-electron chi connectivity index (χ1n) is 7.28.